The summed E-state index contributed by atoms with van der Waals surface area (Å²) in [6.07, 6.45) is -3.27. The highest BCUT2D eigenvalue weighted by atomic mass is 19.4. The predicted octanol–water partition coefficient (Wildman–Crippen LogP) is 1.64. The first-order valence-corrected chi connectivity index (χ1v) is 6.55. The summed E-state index contributed by atoms with van der Waals surface area (Å²) in [5, 5.41) is 0. The summed E-state index contributed by atoms with van der Waals surface area (Å²) in [5.74, 6) is 0.315. The normalized spacial score (nSPS) is 20.7. The van der Waals surface area contributed by atoms with Crippen molar-refractivity contribution in [3.63, 3.8) is 0 Å². The lowest BCUT2D eigenvalue weighted by Gasteiger charge is -2.31. The molecule has 0 bridgehead atoms. The van der Waals surface area contributed by atoms with E-state index in [1.807, 2.05) is 11.8 Å². The lowest BCUT2D eigenvalue weighted by molar-refractivity contribution is -0.141. The van der Waals surface area contributed by atoms with Gasteiger partial charge < -0.3 is 15.4 Å². The van der Waals surface area contributed by atoms with Gasteiger partial charge in [-0.2, -0.15) is 13.2 Å². The van der Waals surface area contributed by atoms with Gasteiger partial charge in [-0.3, -0.25) is 4.98 Å². The van der Waals surface area contributed by atoms with E-state index in [1.54, 1.807) is 0 Å². The molecule has 0 radical (unpaired) electrons. The van der Waals surface area contributed by atoms with Gasteiger partial charge in [-0.1, -0.05) is 0 Å². The van der Waals surface area contributed by atoms with E-state index in [-0.39, 0.29) is 12.6 Å². The van der Waals surface area contributed by atoms with Gasteiger partial charge in [0.05, 0.1) is 19.3 Å². The fraction of sp³-hybridized carbons (Fsp3) is 0.538. The molecule has 0 aromatic carbocycles. The van der Waals surface area contributed by atoms with Gasteiger partial charge in [-0.05, 0) is 24.6 Å². The van der Waals surface area contributed by atoms with Gasteiger partial charge in [0, 0.05) is 19.3 Å². The number of hydrogen-bond donors (Lipinski definition) is 1. The number of hydrogen-bond acceptors (Lipinski definition) is 3. The van der Waals surface area contributed by atoms with Crippen molar-refractivity contribution in [1.29, 1.82) is 0 Å². The number of halogens is 3. The van der Waals surface area contributed by atoms with Gasteiger partial charge in [0.15, 0.2) is 5.96 Å². The molecule has 2 rings (SSSR count). The molecule has 8 heteroatoms. The molecule has 1 aliphatic heterocycles. The molecule has 1 aromatic rings. The average molecular weight is 302 g/mol. The van der Waals surface area contributed by atoms with Crippen LogP contribution in [0.2, 0.25) is 0 Å². The second-order valence-corrected chi connectivity index (χ2v) is 4.85. The zero-order chi connectivity index (χ0) is 15.5. The first-order chi connectivity index (χ1) is 9.86. The van der Waals surface area contributed by atoms with E-state index in [1.165, 1.54) is 6.07 Å². The van der Waals surface area contributed by atoms with Crippen molar-refractivity contribution in [2.24, 2.45) is 10.7 Å². The molecule has 116 valence electrons. The molecule has 0 spiro atoms. The highest BCUT2D eigenvalue weighted by molar-refractivity contribution is 5.78. The maximum atomic E-state index is 12.6. The molecule has 2 heterocycles. The summed E-state index contributed by atoms with van der Waals surface area (Å²) in [7, 11) is 0. The molecule has 0 amide bonds. The average Bonchev–Trinajstić information content (AvgIpc) is 2.44. The van der Waals surface area contributed by atoms with E-state index in [0.717, 1.165) is 12.3 Å². The number of nitrogens with zero attached hydrogens (tertiary/aromatic N) is 3. The monoisotopic (exact) mass is 302 g/mol. The quantitative estimate of drug-likeness (QED) is 0.666. The van der Waals surface area contributed by atoms with Crippen LogP contribution in [0.5, 0.6) is 0 Å². The molecular weight excluding hydrogens is 285 g/mol. The van der Waals surface area contributed by atoms with Crippen molar-refractivity contribution in [1.82, 2.24) is 9.88 Å². The first kappa shape index (κ1) is 15.6. The molecule has 1 saturated heterocycles. The van der Waals surface area contributed by atoms with Gasteiger partial charge in [0.25, 0.3) is 0 Å². The third-order valence-electron chi connectivity index (χ3n) is 3.10. The minimum Gasteiger partial charge on any atom is -0.375 e. The molecule has 1 aromatic heterocycles. The lowest BCUT2D eigenvalue weighted by atomic mass is 10.2. The van der Waals surface area contributed by atoms with Crippen LogP contribution in [0.4, 0.5) is 13.2 Å². The number of morpholine rings is 1. The van der Waals surface area contributed by atoms with Gasteiger partial charge in [-0.15, -0.1) is 0 Å². The fourth-order valence-electron chi connectivity index (χ4n) is 2.03. The van der Waals surface area contributed by atoms with Crippen LogP contribution in [0.25, 0.3) is 0 Å². The summed E-state index contributed by atoms with van der Waals surface area (Å²) in [5.41, 5.74) is 5.36. The Morgan fingerprint density at radius 3 is 3.00 bits per heavy atom. The van der Waals surface area contributed by atoms with Crippen LogP contribution in [0, 0.1) is 0 Å². The summed E-state index contributed by atoms with van der Waals surface area (Å²) in [4.78, 5) is 9.31. The summed E-state index contributed by atoms with van der Waals surface area (Å²) in [6, 6.07) is 2.48. The second kappa shape index (κ2) is 6.30. The van der Waals surface area contributed by atoms with E-state index in [4.69, 9.17) is 10.5 Å². The van der Waals surface area contributed by atoms with Crippen molar-refractivity contribution in [3.8, 4) is 0 Å². The Morgan fingerprint density at radius 2 is 2.33 bits per heavy atom. The van der Waals surface area contributed by atoms with Crippen molar-refractivity contribution in [2.45, 2.75) is 25.7 Å². The number of ether oxygens (including phenoxy) is 1. The van der Waals surface area contributed by atoms with E-state index in [2.05, 4.69) is 9.98 Å². The van der Waals surface area contributed by atoms with Crippen LogP contribution in [0.3, 0.4) is 0 Å². The third-order valence-corrected chi connectivity index (χ3v) is 3.10. The highest BCUT2D eigenvalue weighted by Crippen LogP contribution is 2.27. The van der Waals surface area contributed by atoms with E-state index in [9.17, 15) is 13.2 Å². The minimum atomic E-state index is -4.45. The molecule has 5 nitrogen and oxygen atoms in total. The molecule has 0 aliphatic carbocycles. The highest BCUT2D eigenvalue weighted by Gasteiger charge is 2.32. The summed E-state index contributed by atoms with van der Waals surface area (Å²) >= 11 is 0. The molecule has 21 heavy (non-hydrogen) atoms. The lowest BCUT2D eigenvalue weighted by Crippen LogP contribution is -2.47. The maximum absolute atomic E-state index is 12.6. The van der Waals surface area contributed by atoms with Gasteiger partial charge in [0.2, 0.25) is 0 Å². The number of rotatable bonds is 2. The number of aromatic nitrogens is 1. The van der Waals surface area contributed by atoms with Crippen LogP contribution in [-0.2, 0) is 17.5 Å². The Hall–Kier alpha value is -1.83. The Labute approximate surface area is 120 Å². The van der Waals surface area contributed by atoms with E-state index < -0.39 is 11.9 Å². The predicted molar refractivity (Wildman–Crippen MR) is 71.6 cm³/mol. The van der Waals surface area contributed by atoms with Crippen LogP contribution >= 0.6 is 0 Å². The topological polar surface area (TPSA) is 63.7 Å². The Bertz CT molecular complexity index is 518. The SMILES string of the molecule is CC1CN(C(N)=NCc2ccnc(C(F)(F)F)c2)CCO1. The number of guanidine groups is 1. The zero-order valence-electron chi connectivity index (χ0n) is 11.6. The Kier molecular flexibility index (Phi) is 4.66. The minimum absolute atomic E-state index is 0.0604. The Balaban J connectivity index is 2.03. The van der Waals surface area contributed by atoms with Crippen LogP contribution in [0.1, 0.15) is 18.2 Å². The fourth-order valence-corrected chi connectivity index (χ4v) is 2.03. The number of nitrogens with two attached hydrogens (primary N) is 1. The number of pyridine rings is 1. The number of aliphatic imine (C=N–C) groups is 1. The van der Waals surface area contributed by atoms with Gasteiger partial charge in [0.1, 0.15) is 5.69 Å². The zero-order valence-corrected chi connectivity index (χ0v) is 11.6. The largest absolute Gasteiger partial charge is 0.433 e. The third kappa shape index (κ3) is 4.32. The van der Waals surface area contributed by atoms with Crippen LogP contribution < -0.4 is 5.73 Å². The van der Waals surface area contributed by atoms with Crippen molar-refractivity contribution >= 4 is 5.96 Å². The van der Waals surface area contributed by atoms with E-state index >= 15 is 0 Å². The second-order valence-electron chi connectivity index (χ2n) is 4.85. The molecule has 2 N–H and O–H groups in total. The molecular formula is C13H17F3N4O. The van der Waals surface area contributed by atoms with Crippen molar-refractivity contribution in [2.75, 3.05) is 19.7 Å². The van der Waals surface area contributed by atoms with Crippen LogP contribution in [-0.4, -0.2) is 41.6 Å². The van der Waals surface area contributed by atoms with Gasteiger partial charge >= 0.3 is 6.18 Å². The first-order valence-electron chi connectivity index (χ1n) is 6.55. The summed E-state index contributed by atoms with van der Waals surface area (Å²) in [6.45, 7) is 3.83. The molecule has 1 aliphatic rings. The van der Waals surface area contributed by atoms with Crippen LogP contribution in [0.15, 0.2) is 23.3 Å². The number of alkyl halides is 3. The van der Waals surface area contributed by atoms with Crippen molar-refractivity contribution < 1.29 is 17.9 Å². The summed E-state index contributed by atoms with van der Waals surface area (Å²) < 4.78 is 43.1. The molecule has 1 atom stereocenters. The van der Waals surface area contributed by atoms with Gasteiger partial charge in [-0.25, -0.2) is 4.99 Å². The Morgan fingerprint density at radius 1 is 1.57 bits per heavy atom. The smallest absolute Gasteiger partial charge is 0.375 e. The van der Waals surface area contributed by atoms with Crippen molar-refractivity contribution in [3.05, 3.63) is 29.6 Å². The molecule has 1 unspecified atom stereocenters. The standard InChI is InChI=1S/C13H17F3N4O/c1-9-8-20(4-5-21-9)12(17)19-7-10-2-3-18-11(6-10)13(14,15)16/h2-3,6,9H,4-5,7-8H2,1H3,(H2,17,19). The van der Waals surface area contributed by atoms with E-state index in [0.29, 0.717) is 31.2 Å². The molecule has 0 saturated carbocycles. The molecule has 1 fully saturated rings. The maximum Gasteiger partial charge on any atom is 0.433 e.